The predicted molar refractivity (Wildman–Crippen MR) is 48.9 cm³/mol. The first kappa shape index (κ1) is 10.7. The maximum Gasteiger partial charge on any atom is 0.387 e. The zero-order valence-electron chi connectivity index (χ0n) is 7.65. The van der Waals surface area contributed by atoms with Crippen LogP contribution in [0.4, 0.5) is 0 Å². The minimum absolute atomic E-state index is 0.0393. The van der Waals surface area contributed by atoms with Gasteiger partial charge in [0.05, 0.1) is 0 Å². The van der Waals surface area contributed by atoms with Crippen molar-refractivity contribution in [2.45, 2.75) is 11.2 Å². The van der Waals surface area contributed by atoms with E-state index in [1.165, 1.54) is 12.1 Å². The Labute approximate surface area is 90.0 Å². The van der Waals surface area contributed by atoms with Gasteiger partial charge in [-0.15, -0.1) is 0 Å². The number of aliphatic carboxylic acids is 1. The Morgan fingerprint density at radius 1 is 1.31 bits per heavy atom. The predicted octanol–water partition coefficient (Wildman–Crippen LogP) is 0.115. The zero-order chi connectivity index (χ0) is 11.9. The molecule has 1 heterocycles. The van der Waals surface area contributed by atoms with E-state index >= 15 is 0 Å². The van der Waals surface area contributed by atoms with E-state index in [-0.39, 0.29) is 11.5 Å². The van der Waals surface area contributed by atoms with Crippen LogP contribution in [0.3, 0.4) is 0 Å². The van der Waals surface area contributed by atoms with Gasteiger partial charge in [-0.2, -0.15) is 8.42 Å². The number of hydrogen-bond donors (Lipinski definition) is 2. The summed E-state index contributed by atoms with van der Waals surface area (Å²) in [6.07, 6.45) is -1.60. The maximum absolute atomic E-state index is 10.9. The maximum atomic E-state index is 10.9. The summed E-state index contributed by atoms with van der Waals surface area (Å²) in [5.74, 6) is -1.72. The fourth-order valence-electron chi connectivity index (χ4n) is 1.26. The highest BCUT2D eigenvalue weighted by molar-refractivity contribution is 7.86. The van der Waals surface area contributed by atoms with Crippen LogP contribution in [-0.4, -0.2) is 30.3 Å². The molecule has 1 aliphatic heterocycles. The van der Waals surface area contributed by atoms with Crippen LogP contribution in [0.5, 0.6) is 11.5 Å². The van der Waals surface area contributed by atoms with Gasteiger partial charge in [0.15, 0.2) is 11.5 Å². The van der Waals surface area contributed by atoms with Crippen molar-refractivity contribution in [3.63, 3.8) is 0 Å². The lowest BCUT2D eigenvalue weighted by atomic mass is 10.3. The molecule has 86 valence electrons. The van der Waals surface area contributed by atoms with E-state index in [0.717, 1.165) is 6.07 Å². The number of hydrogen-bond acceptors (Lipinski definition) is 5. The van der Waals surface area contributed by atoms with Crippen molar-refractivity contribution in [2.75, 3.05) is 0 Å². The highest BCUT2D eigenvalue weighted by Crippen LogP contribution is 2.39. The molecule has 0 amide bonds. The average molecular weight is 246 g/mol. The number of fused-ring (bicyclic) bond motifs is 1. The molecule has 0 aliphatic carbocycles. The second-order valence-corrected chi connectivity index (χ2v) is 4.35. The summed E-state index contributed by atoms with van der Waals surface area (Å²) in [5, 5.41) is 8.62. The van der Waals surface area contributed by atoms with E-state index in [1.807, 2.05) is 0 Å². The van der Waals surface area contributed by atoms with Gasteiger partial charge in [0.1, 0.15) is 4.90 Å². The molecule has 0 fully saturated rings. The van der Waals surface area contributed by atoms with Crippen molar-refractivity contribution in [2.24, 2.45) is 0 Å². The Morgan fingerprint density at radius 3 is 2.56 bits per heavy atom. The normalized spacial score (nSPS) is 18.4. The lowest BCUT2D eigenvalue weighted by molar-refractivity contribution is -0.154. The van der Waals surface area contributed by atoms with Crippen LogP contribution in [-0.2, 0) is 14.9 Å². The van der Waals surface area contributed by atoms with Crippen LogP contribution in [0.1, 0.15) is 0 Å². The summed E-state index contributed by atoms with van der Waals surface area (Å²) >= 11 is 0. The molecule has 16 heavy (non-hydrogen) atoms. The number of carboxylic acid groups (broad SMARTS) is 1. The molecule has 2 N–H and O–H groups in total. The summed E-state index contributed by atoms with van der Waals surface area (Å²) in [6, 6.07) is 3.73. The molecule has 0 aromatic heterocycles. The van der Waals surface area contributed by atoms with Crippen molar-refractivity contribution in [1.82, 2.24) is 0 Å². The minimum Gasteiger partial charge on any atom is -0.476 e. The first-order valence-corrected chi connectivity index (χ1v) is 5.50. The molecule has 1 aromatic carbocycles. The summed E-state index contributed by atoms with van der Waals surface area (Å²) in [4.78, 5) is 10.0. The van der Waals surface area contributed by atoms with Gasteiger partial charge < -0.3 is 14.6 Å². The highest BCUT2D eigenvalue weighted by atomic mass is 32.2. The second kappa shape index (κ2) is 3.35. The third-order valence-electron chi connectivity index (χ3n) is 1.88. The Hall–Kier alpha value is -1.80. The monoisotopic (exact) mass is 246 g/mol. The molecular weight excluding hydrogens is 240 g/mol. The number of carbonyl (C=O) groups is 1. The van der Waals surface area contributed by atoms with Gasteiger partial charge in [0, 0.05) is 0 Å². The summed E-state index contributed by atoms with van der Waals surface area (Å²) < 4.78 is 40.3. The van der Waals surface area contributed by atoms with Crippen LogP contribution in [0.15, 0.2) is 23.1 Å². The number of benzene rings is 1. The molecule has 2 rings (SSSR count). The Morgan fingerprint density at radius 2 is 2.00 bits per heavy atom. The number of para-hydroxylation sites is 1. The van der Waals surface area contributed by atoms with Crippen molar-refractivity contribution < 1.29 is 32.3 Å². The van der Waals surface area contributed by atoms with Crippen LogP contribution < -0.4 is 9.47 Å². The molecule has 1 aliphatic rings. The van der Waals surface area contributed by atoms with E-state index in [9.17, 15) is 13.2 Å². The van der Waals surface area contributed by atoms with Crippen LogP contribution in [0.2, 0.25) is 0 Å². The first-order chi connectivity index (χ1) is 7.39. The summed E-state index contributed by atoms with van der Waals surface area (Å²) in [7, 11) is -4.48. The van der Waals surface area contributed by atoms with E-state index in [0.29, 0.717) is 0 Å². The zero-order valence-corrected chi connectivity index (χ0v) is 8.47. The molecule has 7 nitrogen and oxygen atoms in total. The SMILES string of the molecule is O=C(O)C1Oc2cccc(S(=O)(=O)O)c2O1. The van der Waals surface area contributed by atoms with Gasteiger partial charge >= 0.3 is 12.3 Å². The molecule has 0 radical (unpaired) electrons. The molecule has 0 spiro atoms. The molecule has 1 aromatic rings. The molecular formula is C8H6O7S. The molecule has 0 saturated carbocycles. The smallest absolute Gasteiger partial charge is 0.387 e. The lowest BCUT2D eigenvalue weighted by Crippen LogP contribution is -2.28. The van der Waals surface area contributed by atoms with Crippen molar-refractivity contribution in [3.05, 3.63) is 18.2 Å². The van der Waals surface area contributed by atoms with E-state index in [4.69, 9.17) is 19.1 Å². The third-order valence-corrected chi connectivity index (χ3v) is 2.76. The van der Waals surface area contributed by atoms with Gasteiger partial charge in [-0.05, 0) is 12.1 Å². The van der Waals surface area contributed by atoms with Crippen molar-refractivity contribution in [1.29, 1.82) is 0 Å². The van der Waals surface area contributed by atoms with Crippen LogP contribution >= 0.6 is 0 Å². The Balaban J connectivity index is 2.51. The first-order valence-electron chi connectivity index (χ1n) is 4.06. The van der Waals surface area contributed by atoms with Crippen molar-refractivity contribution >= 4 is 16.1 Å². The fourth-order valence-corrected chi connectivity index (χ4v) is 1.89. The van der Waals surface area contributed by atoms with Gasteiger partial charge in [-0.3, -0.25) is 4.55 Å². The number of rotatable bonds is 2. The topological polar surface area (TPSA) is 110 Å². The van der Waals surface area contributed by atoms with E-state index < -0.39 is 27.3 Å². The number of ether oxygens (including phenoxy) is 2. The largest absolute Gasteiger partial charge is 0.476 e. The molecule has 8 heteroatoms. The van der Waals surface area contributed by atoms with E-state index in [2.05, 4.69) is 0 Å². The third kappa shape index (κ3) is 1.68. The van der Waals surface area contributed by atoms with Gasteiger partial charge in [0.2, 0.25) is 0 Å². The van der Waals surface area contributed by atoms with Crippen molar-refractivity contribution in [3.8, 4) is 11.5 Å². The van der Waals surface area contributed by atoms with Crippen LogP contribution in [0.25, 0.3) is 0 Å². The molecule has 1 unspecified atom stereocenters. The molecule has 1 atom stereocenters. The molecule has 0 saturated heterocycles. The summed E-state index contributed by atoms with van der Waals surface area (Å²) in [6.45, 7) is 0. The quantitative estimate of drug-likeness (QED) is 0.712. The summed E-state index contributed by atoms with van der Waals surface area (Å²) in [5.41, 5.74) is 0. The lowest BCUT2D eigenvalue weighted by Gasteiger charge is -2.03. The van der Waals surface area contributed by atoms with E-state index in [1.54, 1.807) is 0 Å². The van der Waals surface area contributed by atoms with Gasteiger partial charge in [0.25, 0.3) is 10.1 Å². The van der Waals surface area contributed by atoms with Gasteiger partial charge in [-0.1, -0.05) is 6.07 Å². The van der Waals surface area contributed by atoms with Crippen LogP contribution in [0, 0.1) is 0 Å². The van der Waals surface area contributed by atoms with Gasteiger partial charge in [-0.25, -0.2) is 4.79 Å². The molecule has 0 bridgehead atoms. The Bertz CT molecular complexity index is 548. The highest BCUT2D eigenvalue weighted by Gasteiger charge is 2.34. The standard InChI is InChI=1S/C8H6O7S/c9-7(10)8-14-4-2-1-3-5(6(4)15-8)16(11,12)13/h1-3,8H,(H,9,10)(H,11,12,13). The average Bonchev–Trinajstić information content (AvgIpc) is 2.58. The second-order valence-electron chi connectivity index (χ2n) is 2.96. The fraction of sp³-hybridized carbons (Fsp3) is 0.125. The number of carboxylic acids is 1. The Kier molecular flexibility index (Phi) is 2.25. The minimum atomic E-state index is -4.48.